The highest BCUT2D eigenvalue weighted by molar-refractivity contribution is 5.94. The summed E-state index contributed by atoms with van der Waals surface area (Å²) in [6.45, 7) is 5.44. The lowest BCUT2D eigenvalue weighted by Crippen LogP contribution is -2.36. The first-order valence-electron chi connectivity index (χ1n) is 5.68. The lowest BCUT2D eigenvalue weighted by Gasteiger charge is -2.17. The van der Waals surface area contributed by atoms with Gasteiger partial charge in [-0.2, -0.15) is 4.39 Å². The molecule has 5 nitrogen and oxygen atoms in total. The summed E-state index contributed by atoms with van der Waals surface area (Å²) in [5, 5.41) is 12.9. The van der Waals surface area contributed by atoms with Crippen LogP contribution in [0.2, 0.25) is 0 Å². The summed E-state index contributed by atoms with van der Waals surface area (Å²) in [6, 6.07) is 0.713. The number of nitro benzene ring substituents is 1. The van der Waals surface area contributed by atoms with Crippen LogP contribution in [0.15, 0.2) is 12.1 Å². The molecule has 0 aliphatic carbocycles. The minimum Gasteiger partial charge on any atom is -0.349 e. The lowest BCUT2D eigenvalue weighted by atomic mass is 10.1. The first kappa shape index (κ1) is 15.0. The van der Waals surface area contributed by atoms with E-state index in [2.05, 4.69) is 5.32 Å². The fraction of sp³-hybridized carbons (Fsp3) is 0.417. The van der Waals surface area contributed by atoms with Gasteiger partial charge in [-0.25, -0.2) is 4.39 Å². The molecular weight excluding hydrogens is 258 g/mol. The molecule has 1 N–H and O–H groups in total. The zero-order chi connectivity index (χ0) is 14.7. The van der Waals surface area contributed by atoms with E-state index in [-0.39, 0.29) is 12.0 Å². The maximum absolute atomic E-state index is 13.6. The fourth-order valence-corrected chi connectivity index (χ4v) is 1.30. The average Bonchev–Trinajstić information content (AvgIpc) is 2.30. The van der Waals surface area contributed by atoms with Crippen LogP contribution in [-0.4, -0.2) is 16.9 Å². The van der Waals surface area contributed by atoms with Crippen molar-refractivity contribution in [3.63, 3.8) is 0 Å². The summed E-state index contributed by atoms with van der Waals surface area (Å²) in [4.78, 5) is 21.1. The average molecular weight is 272 g/mol. The van der Waals surface area contributed by atoms with Gasteiger partial charge in [0, 0.05) is 6.04 Å². The first-order chi connectivity index (χ1) is 8.73. The minimum absolute atomic E-state index is 0.120. The molecule has 0 aromatic heterocycles. The van der Waals surface area contributed by atoms with E-state index < -0.39 is 33.7 Å². The van der Waals surface area contributed by atoms with Crippen molar-refractivity contribution in [2.45, 2.75) is 26.8 Å². The second-order valence-electron chi connectivity index (χ2n) is 4.55. The van der Waals surface area contributed by atoms with Crippen LogP contribution in [0.5, 0.6) is 0 Å². The number of nitrogens with one attached hydrogen (secondary N) is 1. The van der Waals surface area contributed by atoms with Gasteiger partial charge < -0.3 is 5.32 Å². The quantitative estimate of drug-likeness (QED) is 0.676. The van der Waals surface area contributed by atoms with Crippen LogP contribution in [0.4, 0.5) is 14.5 Å². The van der Waals surface area contributed by atoms with Gasteiger partial charge in [-0.15, -0.1) is 0 Å². The van der Waals surface area contributed by atoms with Gasteiger partial charge in [0.05, 0.1) is 16.6 Å². The molecule has 1 atom stereocenters. The number of nitrogens with zero attached hydrogens (tertiary/aromatic N) is 1. The monoisotopic (exact) mass is 272 g/mol. The molecule has 0 saturated carbocycles. The Balaban J connectivity index is 3.05. The molecule has 0 aliphatic heterocycles. The van der Waals surface area contributed by atoms with Crippen LogP contribution in [0, 0.1) is 27.7 Å². The maximum Gasteiger partial charge on any atom is 0.307 e. The van der Waals surface area contributed by atoms with Gasteiger partial charge in [-0.05, 0) is 18.9 Å². The summed E-state index contributed by atoms with van der Waals surface area (Å²) in [7, 11) is 0. The Hall–Kier alpha value is -2.05. The normalized spacial score (nSPS) is 12.3. The third-order valence-electron chi connectivity index (χ3n) is 2.84. The predicted octanol–water partition coefficient (Wildman–Crippen LogP) is 2.65. The zero-order valence-corrected chi connectivity index (χ0v) is 10.7. The Morgan fingerprint density at radius 2 is 1.84 bits per heavy atom. The van der Waals surface area contributed by atoms with Gasteiger partial charge in [0.15, 0.2) is 0 Å². The molecule has 19 heavy (non-hydrogen) atoms. The van der Waals surface area contributed by atoms with Crippen molar-refractivity contribution in [1.29, 1.82) is 0 Å². The minimum atomic E-state index is -1.24. The molecule has 0 fully saturated rings. The molecule has 1 unspecified atom stereocenters. The van der Waals surface area contributed by atoms with Crippen LogP contribution >= 0.6 is 0 Å². The van der Waals surface area contributed by atoms with Crippen molar-refractivity contribution in [1.82, 2.24) is 5.32 Å². The highest BCUT2D eigenvalue weighted by atomic mass is 19.1. The van der Waals surface area contributed by atoms with Crippen molar-refractivity contribution < 1.29 is 18.5 Å². The second-order valence-corrected chi connectivity index (χ2v) is 4.55. The third-order valence-corrected chi connectivity index (χ3v) is 2.84. The largest absolute Gasteiger partial charge is 0.349 e. The molecule has 1 rings (SSSR count). The number of benzene rings is 1. The number of hydrogen-bond acceptors (Lipinski definition) is 3. The van der Waals surface area contributed by atoms with E-state index in [1.165, 1.54) is 0 Å². The Labute approximate surface area is 108 Å². The van der Waals surface area contributed by atoms with E-state index in [1.54, 1.807) is 6.92 Å². The van der Waals surface area contributed by atoms with Crippen molar-refractivity contribution in [3.05, 3.63) is 39.4 Å². The second kappa shape index (κ2) is 5.73. The number of rotatable bonds is 4. The Morgan fingerprint density at radius 3 is 2.32 bits per heavy atom. The topological polar surface area (TPSA) is 72.2 Å². The number of halogens is 2. The Bertz CT molecular complexity index is 518. The molecule has 1 amide bonds. The van der Waals surface area contributed by atoms with Crippen LogP contribution in [0.3, 0.4) is 0 Å². The zero-order valence-electron chi connectivity index (χ0n) is 10.7. The molecule has 104 valence electrons. The van der Waals surface area contributed by atoms with E-state index in [4.69, 9.17) is 0 Å². The molecule has 0 aliphatic rings. The number of nitro groups is 1. The SMILES string of the molecule is CC(C)C(C)NC(=O)c1cc(F)c([N+](=O)[O-])cc1F. The van der Waals surface area contributed by atoms with Crippen LogP contribution in [-0.2, 0) is 0 Å². The van der Waals surface area contributed by atoms with Crippen LogP contribution in [0.1, 0.15) is 31.1 Å². The molecule has 1 aromatic rings. The Kier molecular flexibility index (Phi) is 4.52. The lowest BCUT2D eigenvalue weighted by molar-refractivity contribution is -0.387. The first-order valence-corrected chi connectivity index (χ1v) is 5.68. The molecule has 0 saturated heterocycles. The maximum atomic E-state index is 13.6. The molecule has 7 heteroatoms. The van der Waals surface area contributed by atoms with Crippen LogP contribution < -0.4 is 5.32 Å². The van der Waals surface area contributed by atoms with Crippen LogP contribution in [0.25, 0.3) is 0 Å². The predicted molar refractivity (Wildman–Crippen MR) is 64.8 cm³/mol. The van der Waals surface area contributed by atoms with Gasteiger partial charge in [0.2, 0.25) is 5.82 Å². The summed E-state index contributed by atoms with van der Waals surface area (Å²) < 4.78 is 26.9. The Morgan fingerprint density at radius 1 is 1.26 bits per heavy atom. The van der Waals surface area contributed by atoms with Crippen molar-refractivity contribution in [2.75, 3.05) is 0 Å². The fourth-order valence-electron chi connectivity index (χ4n) is 1.30. The van der Waals surface area contributed by atoms with E-state index >= 15 is 0 Å². The van der Waals surface area contributed by atoms with Crippen molar-refractivity contribution in [2.24, 2.45) is 5.92 Å². The standard InChI is InChI=1S/C12H14F2N2O3/c1-6(2)7(3)15-12(17)8-4-10(14)11(16(18)19)5-9(8)13/h4-7H,1-3H3,(H,15,17). The molecule has 1 aromatic carbocycles. The molecule has 0 heterocycles. The highest BCUT2D eigenvalue weighted by Gasteiger charge is 2.23. The highest BCUT2D eigenvalue weighted by Crippen LogP contribution is 2.21. The number of amides is 1. The van der Waals surface area contributed by atoms with E-state index in [1.807, 2.05) is 13.8 Å². The van der Waals surface area contributed by atoms with Gasteiger partial charge >= 0.3 is 5.69 Å². The van der Waals surface area contributed by atoms with Crippen molar-refractivity contribution in [3.8, 4) is 0 Å². The summed E-state index contributed by atoms with van der Waals surface area (Å²) in [5.74, 6) is -3.04. The number of hydrogen-bond donors (Lipinski definition) is 1. The van der Waals surface area contributed by atoms with Gasteiger partial charge in [0.25, 0.3) is 5.91 Å². The molecule has 0 spiro atoms. The van der Waals surface area contributed by atoms with E-state index in [9.17, 15) is 23.7 Å². The smallest absolute Gasteiger partial charge is 0.307 e. The van der Waals surface area contributed by atoms with E-state index in [0.29, 0.717) is 12.1 Å². The summed E-state index contributed by atoms with van der Waals surface area (Å²) >= 11 is 0. The number of carbonyl (C=O) groups excluding carboxylic acids is 1. The summed E-state index contributed by atoms with van der Waals surface area (Å²) in [5.41, 5.74) is -1.54. The van der Waals surface area contributed by atoms with Gasteiger partial charge in [0.1, 0.15) is 5.82 Å². The molecule has 0 radical (unpaired) electrons. The third kappa shape index (κ3) is 3.46. The van der Waals surface area contributed by atoms with Gasteiger partial charge in [-0.1, -0.05) is 13.8 Å². The summed E-state index contributed by atoms with van der Waals surface area (Å²) in [6.07, 6.45) is 0. The molecule has 0 bridgehead atoms. The van der Waals surface area contributed by atoms with Gasteiger partial charge in [-0.3, -0.25) is 14.9 Å². The number of carbonyl (C=O) groups is 1. The van der Waals surface area contributed by atoms with Crippen molar-refractivity contribution >= 4 is 11.6 Å². The molecular formula is C12H14F2N2O3. The van der Waals surface area contributed by atoms with E-state index in [0.717, 1.165) is 0 Å².